The molecule has 1 atom stereocenters. The first-order chi connectivity index (χ1) is 9.88. The predicted octanol–water partition coefficient (Wildman–Crippen LogP) is -0.0343. The number of hydrogen-bond acceptors (Lipinski definition) is 3. The number of nitrogens with one attached hydrogen (secondary N) is 2. The lowest BCUT2D eigenvalue weighted by Crippen LogP contribution is -2.55. The van der Waals surface area contributed by atoms with Crippen LogP contribution in [0.3, 0.4) is 0 Å². The van der Waals surface area contributed by atoms with E-state index in [4.69, 9.17) is 23.1 Å². The number of fused-ring (bicyclic) bond motifs is 1. The number of carbonyl (C=O) groups is 3. The van der Waals surface area contributed by atoms with E-state index >= 15 is 0 Å². The number of primary amides is 2. The molecule has 0 saturated carbocycles. The molecule has 1 aromatic rings. The van der Waals surface area contributed by atoms with Crippen LogP contribution in [0, 0.1) is 0 Å². The molecule has 21 heavy (non-hydrogen) atoms. The quantitative estimate of drug-likeness (QED) is 0.583. The molecule has 0 aromatic heterocycles. The van der Waals surface area contributed by atoms with Gasteiger partial charge in [0, 0.05) is 5.02 Å². The molecule has 2 rings (SSSR count). The van der Waals surface area contributed by atoms with Crippen LogP contribution >= 0.6 is 11.6 Å². The Morgan fingerprint density at radius 1 is 1.24 bits per heavy atom. The van der Waals surface area contributed by atoms with E-state index < -0.39 is 23.9 Å². The minimum atomic E-state index is -1.53. The Morgan fingerprint density at radius 3 is 2.52 bits per heavy atom. The van der Waals surface area contributed by atoms with Gasteiger partial charge in [-0.3, -0.25) is 9.59 Å². The lowest BCUT2D eigenvalue weighted by atomic mass is 10.1. The molecule has 0 radical (unpaired) electrons. The molecule has 0 spiro atoms. The summed E-state index contributed by atoms with van der Waals surface area (Å²) in [6.07, 6.45) is 1.50. The van der Waals surface area contributed by atoms with Gasteiger partial charge >= 0.3 is 6.03 Å². The number of halogens is 1. The number of amides is 4. The van der Waals surface area contributed by atoms with Gasteiger partial charge in [0.05, 0.1) is 6.04 Å². The summed E-state index contributed by atoms with van der Waals surface area (Å²) in [5, 5.41) is 5.49. The highest BCUT2D eigenvalue weighted by Gasteiger charge is 2.27. The van der Waals surface area contributed by atoms with Gasteiger partial charge in [0.15, 0.2) is 6.04 Å². The third-order valence-corrected chi connectivity index (χ3v) is 3.57. The van der Waals surface area contributed by atoms with Crippen LogP contribution < -0.4 is 22.1 Å². The molecule has 1 aromatic carbocycles. The normalized spacial score (nSPS) is 16.4. The van der Waals surface area contributed by atoms with Gasteiger partial charge in [-0.2, -0.15) is 0 Å². The van der Waals surface area contributed by atoms with E-state index in [2.05, 4.69) is 10.6 Å². The molecule has 0 aliphatic heterocycles. The minimum absolute atomic E-state index is 0.210. The number of aryl methyl sites for hydroxylation is 1. The highest BCUT2D eigenvalue weighted by molar-refractivity contribution is 6.30. The van der Waals surface area contributed by atoms with E-state index in [0.29, 0.717) is 11.4 Å². The van der Waals surface area contributed by atoms with Gasteiger partial charge in [0.2, 0.25) is 11.8 Å². The van der Waals surface area contributed by atoms with Gasteiger partial charge in [0.25, 0.3) is 0 Å². The van der Waals surface area contributed by atoms with E-state index in [9.17, 15) is 14.4 Å². The summed E-state index contributed by atoms with van der Waals surface area (Å²) in [5.74, 6) is -2.01. The number of benzene rings is 1. The summed E-state index contributed by atoms with van der Waals surface area (Å²) in [6, 6.07) is 3.02. The smallest absolute Gasteiger partial charge is 0.316 e. The van der Waals surface area contributed by atoms with E-state index in [-0.39, 0.29) is 6.04 Å². The summed E-state index contributed by atoms with van der Waals surface area (Å²) in [6.45, 7) is 0. The standard InChI is InChI=1S/C13H15ClN4O3/c14-7-2-3-8-6(5-7)1-4-9(8)17-13(21)18-10(11(15)19)12(16)20/h2-3,5,9-10H,1,4H2,(H2,15,19)(H2,16,20)(H2,17,18,21). The van der Waals surface area contributed by atoms with Crippen LogP contribution in [-0.2, 0) is 16.0 Å². The molecule has 4 amide bonds. The molecular formula is C13H15ClN4O3. The summed E-state index contributed by atoms with van der Waals surface area (Å²) < 4.78 is 0. The van der Waals surface area contributed by atoms with Crippen molar-refractivity contribution in [2.75, 3.05) is 0 Å². The fourth-order valence-electron chi connectivity index (χ4n) is 2.35. The van der Waals surface area contributed by atoms with Crippen molar-refractivity contribution in [2.24, 2.45) is 11.5 Å². The van der Waals surface area contributed by atoms with Gasteiger partial charge in [0.1, 0.15) is 0 Å². The molecule has 1 unspecified atom stereocenters. The maximum Gasteiger partial charge on any atom is 0.316 e. The SMILES string of the molecule is NC(=O)C(NC(=O)NC1CCc2cc(Cl)ccc21)C(N)=O. The number of urea groups is 1. The molecule has 112 valence electrons. The zero-order chi connectivity index (χ0) is 15.6. The molecule has 7 nitrogen and oxygen atoms in total. The van der Waals surface area contributed by atoms with E-state index in [1.165, 1.54) is 0 Å². The van der Waals surface area contributed by atoms with Crippen LogP contribution in [0.4, 0.5) is 4.79 Å². The zero-order valence-corrected chi connectivity index (χ0v) is 11.8. The van der Waals surface area contributed by atoms with Crippen LogP contribution in [0.1, 0.15) is 23.6 Å². The number of carbonyl (C=O) groups excluding carboxylic acids is 3. The van der Waals surface area contributed by atoms with Crippen LogP contribution in [0.5, 0.6) is 0 Å². The zero-order valence-electron chi connectivity index (χ0n) is 11.1. The Bertz CT molecular complexity index is 591. The fourth-order valence-corrected chi connectivity index (χ4v) is 2.54. The fraction of sp³-hybridized carbons (Fsp3) is 0.308. The topological polar surface area (TPSA) is 127 Å². The second kappa shape index (κ2) is 6.01. The molecule has 1 aliphatic rings. The molecule has 6 N–H and O–H groups in total. The van der Waals surface area contributed by atoms with Gasteiger partial charge in [-0.25, -0.2) is 4.79 Å². The van der Waals surface area contributed by atoms with E-state index in [1.807, 2.05) is 12.1 Å². The highest BCUT2D eigenvalue weighted by Crippen LogP contribution is 2.32. The molecular weight excluding hydrogens is 296 g/mol. The third-order valence-electron chi connectivity index (χ3n) is 3.33. The van der Waals surface area contributed by atoms with Crippen molar-refractivity contribution >= 4 is 29.4 Å². The maximum atomic E-state index is 11.8. The Labute approximate surface area is 126 Å². The van der Waals surface area contributed by atoms with Crippen molar-refractivity contribution in [2.45, 2.75) is 24.9 Å². The Morgan fingerprint density at radius 2 is 1.90 bits per heavy atom. The van der Waals surface area contributed by atoms with Gasteiger partial charge in [-0.15, -0.1) is 0 Å². The average Bonchev–Trinajstić information content (AvgIpc) is 2.77. The summed E-state index contributed by atoms with van der Waals surface area (Å²) in [4.78, 5) is 33.9. The molecule has 8 heteroatoms. The lowest BCUT2D eigenvalue weighted by Gasteiger charge is -2.17. The third kappa shape index (κ3) is 3.43. The second-order valence-electron chi connectivity index (χ2n) is 4.79. The van der Waals surface area contributed by atoms with Crippen LogP contribution in [0.25, 0.3) is 0 Å². The van der Waals surface area contributed by atoms with Crippen molar-refractivity contribution in [3.8, 4) is 0 Å². The van der Waals surface area contributed by atoms with Crippen LogP contribution in [-0.4, -0.2) is 23.9 Å². The van der Waals surface area contributed by atoms with Crippen molar-refractivity contribution in [1.29, 1.82) is 0 Å². The maximum absolute atomic E-state index is 11.8. The highest BCUT2D eigenvalue weighted by atomic mass is 35.5. The van der Waals surface area contributed by atoms with E-state index in [0.717, 1.165) is 17.5 Å². The number of nitrogens with two attached hydrogens (primary N) is 2. The Balaban J connectivity index is 2.02. The van der Waals surface area contributed by atoms with Crippen molar-refractivity contribution < 1.29 is 14.4 Å². The first-order valence-electron chi connectivity index (χ1n) is 6.32. The molecule has 0 bridgehead atoms. The second-order valence-corrected chi connectivity index (χ2v) is 5.23. The van der Waals surface area contributed by atoms with E-state index in [1.54, 1.807) is 6.07 Å². The van der Waals surface area contributed by atoms with Gasteiger partial charge in [-0.05, 0) is 36.1 Å². The van der Waals surface area contributed by atoms with Gasteiger partial charge in [-0.1, -0.05) is 17.7 Å². The van der Waals surface area contributed by atoms with Crippen LogP contribution in [0.15, 0.2) is 18.2 Å². The lowest BCUT2D eigenvalue weighted by molar-refractivity contribution is -0.128. The first kappa shape index (κ1) is 15.1. The van der Waals surface area contributed by atoms with Crippen molar-refractivity contribution in [1.82, 2.24) is 10.6 Å². The van der Waals surface area contributed by atoms with Crippen molar-refractivity contribution in [3.05, 3.63) is 34.3 Å². The molecule has 0 fully saturated rings. The summed E-state index contributed by atoms with van der Waals surface area (Å²) >= 11 is 5.91. The Hall–Kier alpha value is -2.28. The van der Waals surface area contributed by atoms with Crippen molar-refractivity contribution in [3.63, 3.8) is 0 Å². The number of hydrogen-bond donors (Lipinski definition) is 4. The van der Waals surface area contributed by atoms with Crippen LogP contribution in [0.2, 0.25) is 5.02 Å². The minimum Gasteiger partial charge on any atom is -0.367 e. The molecule has 0 heterocycles. The molecule has 1 aliphatic carbocycles. The first-order valence-corrected chi connectivity index (χ1v) is 6.70. The summed E-state index contributed by atoms with van der Waals surface area (Å²) in [7, 11) is 0. The Kier molecular flexibility index (Phi) is 4.32. The monoisotopic (exact) mass is 310 g/mol. The van der Waals surface area contributed by atoms with Gasteiger partial charge < -0.3 is 22.1 Å². The largest absolute Gasteiger partial charge is 0.367 e. The predicted molar refractivity (Wildman–Crippen MR) is 76.4 cm³/mol. The summed E-state index contributed by atoms with van der Waals surface area (Å²) in [5.41, 5.74) is 12.0. The average molecular weight is 311 g/mol. The number of rotatable bonds is 4. The molecule has 0 saturated heterocycles.